The summed E-state index contributed by atoms with van der Waals surface area (Å²) < 4.78 is 0. The maximum Gasteiger partial charge on any atom is 0.326 e. The topological polar surface area (TPSA) is 101 Å². The molecule has 0 aromatic heterocycles. The Morgan fingerprint density at radius 2 is 0.767 bits per heavy atom. The summed E-state index contributed by atoms with van der Waals surface area (Å²) in [6, 6.07) is -1.10. The van der Waals surface area contributed by atoms with E-state index >= 15 is 0 Å². The molecule has 0 aliphatic carbocycles. The monoisotopic (exact) mass is 609 g/mol. The van der Waals surface area contributed by atoms with Crippen molar-refractivity contribution in [3.63, 3.8) is 0 Å². The zero-order valence-corrected chi connectivity index (χ0v) is 28.7. The number of carbonyl (C=O) groups is 3. The minimum Gasteiger partial charge on any atom is -0.480 e. The first-order valence-corrected chi connectivity index (χ1v) is 18.8. The highest BCUT2D eigenvalue weighted by atomic mass is 16.4. The summed E-state index contributed by atoms with van der Waals surface area (Å²) in [5.74, 6) is -1.76. The van der Waals surface area contributed by atoms with E-state index in [1.54, 1.807) is 0 Å². The Morgan fingerprint density at radius 1 is 0.488 bits per heavy atom. The maximum atomic E-state index is 13.1. The maximum absolute atomic E-state index is 13.1. The summed E-state index contributed by atoms with van der Waals surface area (Å²) in [4.78, 5) is 39.4. The molecular formula is C37H72N2O4. The molecule has 2 amide bonds. The SMILES string of the molecule is CCCCCCCCCCCCCCCC(=O)N(C(=O)CCCCCCCCCCCCCCC)C(CCCN)C(=O)O. The van der Waals surface area contributed by atoms with Gasteiger partial charge >= 0.3 is 5.97 Å². The van der Waals surface area contributed by atoms with Crippen molar-refractivity contribution in [1.29, 1.82) is 0 Å². The van der Waals surface area contributed by atoms with Crippen LogP contribution in [0.1, 0.15) is 206 Å². The smallest absolute Gasteiger partial charge is 0.326 e. The summed E-state index contributed by atoms with van der Waals surface area (Å²) in [7, 11) is 0. The predicted molar refractivity (Wildman–Crippen MR) is 182 cm³/mol. The van der Waals surface area contributed by atoms with Crippen molar-refractivity contribution in [3.05, 3.63) is 0 Å². The molecule has 1 unspecified atom stereocenters. The van der Waals surface area contributed by atoms with Crippen molar-refractivity contribution >= 4 is 17.8 Å². The number of imide groups is 1. The van der Waals surface area contributed by atoms with Crippen LogP contribution in [-0.4, -0.2) is 40.4 Å². The lowest BCUT2D eigenvalue weighted by molar-refractivity contribution is -0.158. The van der Waals surface area contributed by atoms with E-state index in [-0.39, 0.29) is 31.1 Å². The molecule has 0 spiro atoms. The van der Waals surface area contributed by atoms with E-state index in [4.69, 9.17) is 5.73 Å². The lowest BCUT2D eigenvalue weighted by atomic mass is 10.0. The van der Waals surface area contributed by atoms with Crippen molar-refractivity contribution in [1.82, 2.24) is 4.90 Å². The highest BCUT2D eigenvalue weighted by Gasteiger charge is 2.33. The summed E-state index contributed by atoms with van der Waals surface area (Å²) in [6.45, 7) is 4.85. The molecule has 43 heavy (non-hydrogen) atoms. The first kappa shape index (κ1) is 41.6. The molecule has 0 saturated heterocycles. The number of carboxylic acid groups (broad SMARTS) is 1. The van der Waals surface area contributed by atoms with Crippen molar-refractivity contribution in [3.8, 4) is 0 Å². The number of hydrogen-bond acceptors (Lipinski definition) is 4. The number of hydrogen-bond donors (Lipinski definition) is 2. The third-order valence-electron chi connectivity index (χ3n) is 8.80. The minimum atomic E-state index is -1.11. The largest absolute Gasteiger partial charge is 0.480 e. The second-order valence-electron chi connectivity index (χ2n) is 12.9. The third kappa shape index (κ3) is 25.6. The van der Waals surface area contributed by atoms with Gasteiger partial charge in [-0.1, -0.05) is 168 Å². The fourth-order valence-electron chi connectivity index (χ4n) is 5.99. The van der Waals surface area contributed by atoms with Crippen LogP contribution in [0.2, 0.25) is 0 Å². The Hall–Kier alpha value is -1.43. The van der Waals surface area contributed by atoms with Crippen LogP contribution in [0.15, 0.2) is 0 Å². The van der Waals surface area contributed by atoms with Crippen LogP contribution in [0.25, 0.3) is 0 Å². The third-order valence-corrected chi connectivity index (χ3v) is 8.80. The number of aliphatic carboxylic acids is 1. The number of carbonyl (C=O) groups excluding carboxylic acids is 2. The molecule has 0 fully saturated rings. The van der Waals surface area contributed by atoms with E-state index in [9.17, 15) is 19.5 Å². The zero-order valence-electron chi connectivity index (χ0n) is 28.7. The molecule has 0 rings (SSSR count). The van der Waals surface area contributed by atoms with Gasteiger partial charge in [0.05, 0.1) is 0 Å². The van der Waals surface area contributed by atoms with Gasteiger partial charge in [0.15, 0.2) is 0 Å². The van der Waals surface area contributed by atoms with Gasteiger partial charge in [0.25, 0.3) is 0 Å². The average molecular weight is 609 g/mol. The minimum absolute atomic E-state index is 0.223. The Kier molecular flexibility index (Phi) is 30.9. The first-order chi connectivity index (χ1) is 21.0. The number of unbranched alkanes of at least 4 members (excludes halogenated alkanes) is 24. The molecule has 6 heteroatoms. The summed E-state index contributed by atoms with van der Waals surface area (Å²) in [5.41, 5.74) is 5.63. The molecule has 0 bridgehead atoms. The Morgan fingerprint density at radius 3 is 1.02 bits per heavy atom. The molecule has 0 aliphatic heterocycles. The lowest BCUT2D eigenvalue weighted by Gasteiger charge is -2.27. The molecule has 0 aliphatic rings. The van der Waals surface area contributed by atoms with Crippen molar-refractivity contribution in [2.75, 3.05) is 6.54 Å². The fraction of sp³-hybridized carbons (Fsp3) is 0.919. The van der Waals surface area contributed by atoms with Crippen LogP contribution < -0.4 is 5.73 Å². The Balaban J connectivity index is 4.29. The van der Waals surface area contributed by atoms with Gasteiger partial charge in [-0.05, 0) is 32.2 Å². The highest BCUT2D eigenvalue weighted by Crippen LogP contribution is 2.18. The molecule has 0 aromatic carbocycles. The normalized spacial score (nSPS) is 12.0. The van der Waals surface area contributed by atoms with Crippen LogP contribution in [-0.2, 0) is 14.4 Å². The van der Waals surface area contributed by atoms with Gasteiger partial charge in [-0.15, -0.1) is 0 Å². The quantitative estimate of drug-likeness (QED) is 0.0722. The van der Waals surface area contributed by atoms with Gasteiger partial charge in [0, 0.05) is 12.8 Å². The van der Waals surface area contributed by atoms with Crippen molar-refractivity contribution < 1.29 is 19.5 Å². The second kappa shape index (κ2) is 32.0. The highest BCUT2D eigenvalue weighted by molar-refractivity contribution is 5.99. The van der Waals surface area contributed by atoms with Gasteiger partial charge in [-0.3, -0.25) is 14.5 Å². The first-order valence-electron chi connectivity index (χ1n) is 18.8. The van der Waals surface area contributed by atoms with Crippen molar-refractivity contribution in [2.45, 2.75) is 213 Å². The van der Waals surface area contributed by atoms with Crippen LogP contribution >= 0.6 is 0 Å². The molecule has 254 valence electrons. The molecule has 0 heterocycles. The summed E-state index contributed by atoms with van der Waals surface area (Å²) in [6.07, 6.45) is 33.0. The molecule has 0 saturated carbocycles. The standard InChI is InChI=1S/C37H72N2O4/c1-3-5-7-9-11-13-15-17-19-21-23-25-27-31-35(40)39(34(37(42)43)30-29-33-38)36(41)32-28-26-24-22-20-18-16-14-12-10-8-6-4-2/h34H,3-33,38H2,1-2H3,(H,42,43). The average Bonchev–Trinajstić information content (AvgIpc) is 2.99. The van der Waals surface area contributed by atoms with E-state index in [2.05, 4.69) is 13.8 Å². The molecule has 6 nitrogen and oxygen atoms in total. The van der Waals surface area contributed by atoms with E-state index < -0.39 is 12.0 Å². The molecule has 0 aromatic rings. The molecule has 0 radical (unpaired) electrons. The van der Waals surface area contributed by atoms with Gasteiger partial charge in [-0.25, -0.2) is 4.79 Å². The van der Waals surface area contributed by atoms with Gasteiger partial charge in [0.1, 0.15) is 6.04 Å². The van der Waals surface area contributed by atoms with Gasteiger partial charge < -0.3 is 10.8 Å². The molecule has 1 atom stereocenters. The number of amides is 2. The van der Waals surface area contributed by atoms with Crippen LogP contribution in [0.4, 0.5) is 0 Å². The van der Waals surface area contributed by atoms with E-state index in [1.165, 1.54) is 128 Å². The van der Waals surface area contributed by atoms with Crippen LogP contribution in [0, 0.1) is 0 Å². The summed E-state index contributed by atoms with van der Waals surface area (Å²) >= 11 is 0. The van der Waals surface area contributed by atoms with E-state index in [0.29, 0.717) is 25.8 Å². The van der Waals surface area contributed by atoms with Crippen molar-refractivity contribution in [2.24, 2.45) is 5.73 Å². The Labute approximate surface area is 266 Å². The van der Waals surface area contributed by atoms with Crippen LogP contribution in [0.5, 0.6) is 0 Å². The fourth-order valence-corrected chi connectivity index (χ4v) is 5.99. The Bertz CT molecular complexity index is 613. The molecular weight excluding hydrogens is 536 g/mol. The zero-order chi connectivity index (χ0) is 31.8. The van der Waals surface area contributed by atoms with E-state index in [1.807, 2.05) is 0 Å². The van der Waals surface area contributed by atoms with Gasteiger partial charge in [-0.2, -0.15) is 0 Å². The van der Waals surface area contributed by atoms with Crippen LogP contribution in [0.3, 0.4) is 0 Å². The number of rotatable bonds is 33. The number of nitrogens with two attached hydrogens (primary N) is 1. The number of nitrogens with zero attached hydrogens (tertiary/aromatic N) is 1. The van der Waals surface area contributed by atoms with Gasteiger partial charge in [0.2, 0.25) is 11.8 Å². The predicted octanol–water partition coefficient (Wildman–Crippen LogP) is 10.5. The van der Waals surface area contributed by atoms with E-state index in [0.717, 1.165) is 30.6 Å². The molecule has 3 N–H and O–H groups in total. The summed E-state index contributed by atoms with van der Waals surface area (Å²) in [5, 5.41) is 9.85. The number of carboxylic acids is 1. The second-order valence-corrected chi connectivity index (χ2v) is 12.9. The lowest BCUT2D eigenvalue weighted by Crippen LogP contribution is -2.48.